The predicted molar refractivity (Wildman–Crippen MR) is 123 cm³/mol. The number of carbonyl (C=O) groups excluding carboxylic acids is 2. The van der Waals surface area contributed by atoms with Gasteiger partial charge in [-0.3, -0.25) is 4.90 Å². The quantitative estimate of drug-likeness (QED) is 0.451. The van der Waals surface area contributed by atoms with Crippen LogP contribution < -0.4 is 10.6 Å². The molecule has 172 valence electrons. The molecule has 3 rings (SSSR count). The maximum Gasteiger partial charge on any atom is 0.355 e. The van der Waals surface area contributed by atoms with Gasteiger partial charge in [-0.15, -0.1) is 0 Å². The molecule has 0 fully saturated rings. The van der Waals surface area contributed by atoms with Crippen molar-refractivity contribution in [3.05, 3.63) is 85.5 Å². The van der Waals surface area contributed by atoms with E-state index in [9.17, 15) is 24.5 Å². The number of esters is 2. The maximum atomic E-state index is 14.9. The minimum Gasteiger partial charge on any atom is -0.466 e. The minimum atomic E-state index is -1.12. The van der Waals surface area contributed by atoms with Gasteiger partial charge in [0.25, 0.3) is 0 Å². The Balaban J connectivity index is 2.54. The molecule has 34 heavy (non-hydrogen) atoms. The molecule has 11 heteroatoms. The molecule has 0 amide bonds. The van der Waals surface area contributed by atoms with E-state index in [0.29, 0.717) is 5.56 Å². The number of nitriles is 2. The summed E-state index contributed by atoms with van der Waals surface area (Å²) in [5, 5.41) is 19.5. The van der Waals surface area contributed by atoms with Gasteiger partial charge in [0.2, 0.25) is 0 Å². The molecule has 2 aromatic carbocycles. The Morgan fingerprint density at radius 2 is 1.76 bits per heavy atom. The topological polar surface area (TPSA) is 129 Å². The third-order valence-electron chi connectivity index (χ3n) is 5.09. The van der Waals surface area contributed by atoms with Crippen molar-refractivity contribution in [1.29, 1.82) is 10.5 Å². The van der Waals surface area contributed by atoms with Crippen LogP contribution >= 0.6 is 27.5 Å². The monoisotopic (exact) mass is 544 g/mol. The van der Waals surface area contributed by atoms with Crippen LogP contribution in [0, 0.1) is 28.5 Å². The summed E-state index contributed by atoms with van der Waals surface area (Å²) in [6.45, 7) is 0. The Hall–Kier alpha value is -3.86. The van der Waals surface area contributed by atoms with E-state index >= 15 is 0 Å². The van der Waals surface area contributed by atoms with Crippen LogP contribution in [0.1, 0.15) is 17.0 Å². The van der Waals surface area contributed by atoms with Gasteiger partial charge < -0.3 is 15.2 Å². The normalized spacial score (nSPS) is 15.5. The molecule has 0 radical (unpaired) electrons. The molecule has 1 heterocycles. The second-order valence-electron chi connectivity index (χ2n) is 6.82. The van der Waals surface area contributed by atoms with Crippen LogP contribution in [0.25, 0.3) is 0 Å². The average Bonchev–Trinajstić information content (AvgIpc) is 2.85. The molecule has 0 spiro atoms. The van der Waals surface area contributed by atoms with E-state index in [1.807, 2.05) is 6.07 Å². The lowest BCUT2D eigenvalue weighted by atomic mass is 9.80. The molecule has 0 aliphatic carbocycles. The number of nitrogens with two attached hydrogens (primary N) is 1. The third kappa shape index (κ3) is 3.98. The molecule has 2 aromatic rings. The van der Waals surface area contributed by atoms with Gasteiger partial charge in [0.05, 0.1) is 52.5 Å². The number of carbonyl (C=O) groups is 2. The Labute approximate surface area is 207 Å². The number of rotatable bonds is 4. The molecule has 1 unspecified atom stereocenters. The summed E-state index contributed by atoms with van der Waals surface area (Å²) in [5.74, 6) is -4.46. The maximum absolute atomic E-state index is 14.9. The number of ether oxygens (including phenoxy) is 2. The van der Waals surface area contributed by atoms with E-state index in [2.05, 4.69) is 15.9 Å². The second kappa shape index (κ2) is 9.96. The number of halogens is 3. The van der Waals surface area contributed by atoms with E-state index < -0.39 is 34.9 Å². The van der Waals surface area contributed by atoms with Crippen molar-refractivity contribution in [3.8, 4) is 12.1 Å². The van der Waals surface area contributed by atoms with Gasteiger partial charge in [0.1, 0.15) is 23.2 Å². The molecular formula is C23H15BrClFN4O4. The summed E-state index contributed by atoms with van der Waals surface area (Å²) in [6.07, 6.45) is 0. The Bertz CT molecular complexity index is 1350. The van der Waals surface area contributed by atoms with E-state index in [0.717, 1.165) is 25.2 Å². The Morgan fingerprint density at radius 1 is 1.15 bits per heavy atom. The minimum absolute atomic E-state index is 0.114. The zero-order valence-corrected chi connectivity index (χ0v) is 20.1. The van der Waals surface area contributed by atoms with Crippen molar-refractivity contribution >= 4 is 45.2 Å². The fourth-order valence-corrected chi connectivity index (χ4v) is 4.50. The molecule has 0 saturated heterocycles. The van der Waals surface area contributed by atoms with Gasteiger partial charge >= 0.3 is 11.9 Å². The first kappa shape index (κ1) is 24.8. The van der Waals surface area contributed by atoms with Gasteiger partial charge in [-0.1, -0.05) is 41.9 Å². The van der Waals surface area contributed by atoms with Crippen LogP contribution in [0.5, 0.6) is 0 Å². The van der Waals surface area contributed by atoms with Crippen molar-refractivity contribution in [2.24, 2.45) is 5.73 Å². The lowest BCUT2D eigenvalue weighted by Crippen LogP contribution is -2.41. The standard InChI is InChI=1S/C23H15BrClFN4O4/c1-33-22(31)17-16(11-6-4-3-5-7-11)12(9-27)21(29)30(20(17)23(32)34-2)19-13(10-28)18(26)14(24)8-15(19)25/h3-8,16H,29H2,1-2H3. The molecule has 1 aliphatic heterocycles. The third-order valence-corrected chi connectivity index (χ3v) is 5.96. The average molecular weight is 546 g/mol. The second-order valence-corrected chi connectivity index (χ2v) is 8.09. The highest BCUT2D eigenvalue weighted by Gasteiger charge is 2.44. The van der Waals surface area contributed by atoms with Crippen LogP contribution in [0.2, 0.25) is 5.02 Å². The van der Waals surface area contributed by atoms with Gasteiger partial charge in [0.15, 0.2) is 5.82 Å². The van der Waals surface area contributed by atoms with Gasteiger partial charge in [-0.25, -0.2) is 14.0 Å². The van der Waals surface area contributed by atoms with Crippen LogP contribution in [0.3, 0.4) is 0 Å². The van der Waals surface area contributed by atoms with Gasteiger partial charge in [-0.05, 0) is 27.6 Å². The van der Waals surface area contributed by atoms with Crippen LogP contribution in [0.15, 0.2) is 63.5 Å². The molecule has 0 aromatic heterocycles. The molecule has 1 aliphatic rings. The lowest BCUT2D eigenvalue weighted by Gasteiger charge is -2.36. The highest BCUT2D eigenvalue weighted by atomic mass is 79.9. The first-order chi connectivity index (χ1) is 16.2. The largest absolute Gasteiger partial charge is 0.466 e. The number of hydrogen-bond acceptors (Lipinski definition) is 8. The smallest absolute Gasteiger partial charge is 0.355 e. The number of hydrogen-bond donors (Lipinski definition) is 1. The first-order valence-electron chi connectivity index (χ1n) is 9.46. The van der Waals surface area contributed by atoms with Crippen molar-refractivity contribution in [2.45, 2.75) is 5.92 Å². The first-order valence-corrected chi connectivity index (χ1v) is 10.6. The van der Waals surface area contributed by atoms with Crippen LogP contribution in [0.4, 0.5) is 10.1 Å². The Kier molecular flexibility index (Phi) is 7.26. The van der Waals surface area contributed by atoms with E-state index in [-0.39, 0.29) is 32.1 Å². The highest BCUT2D eigenvalue weighted by molar-refractivity contribution is 9.10. The summed E-state index contributed by atoms with van der Waals surface area (Å²) in [7, 11) is 2.16. The number of allylic oxidation sites excluding steroid dienone is 1. The summed E-state index contributed by atoms with van der Waals surface area (Å²) in [5.41, 5.74) is 4.96. The SMILES string of the molecule is COC(=O)C1=C(C(=O)OC)N(c2c(Cl)cc(Br)c(F)c2C#N)C(N)=C(C#N)C1c1ccccc1. The van der Waals surface area contributed by atoms with Crippen molar-refractivity contribution < 1.29 is 23.5 Å². The van der Waals surface area contributed by atoms with Crippen LogP contribution in [-0.2, 0) is 19.1 Å². The predicted octanol–water partition coefficient (Wildman–Crippen LogP) is 4.01. The molecular weight excluding hydrogens is 531 g/mol. The molecule has 8 nitrogen and oxygen atoms in total. The van der Waals surface area contributed by atoms with Gasteiger partial charge in [0, 0.05) is 0 Å². The number of methoxy groups -OCH3 is 2. The molecule has 2 N–H and O–H groups in total. The van der Waals surface area contributed by atoms with E-state index in [1.165, 1.54) is 0 Å². The summed E-state index contributed by atoms with van der Waals surface area (Å²) in [6, 6.07) is 13.2. The summed E-state index contributed by atoms with van der Waals surface area (Å²) >= 11 is 9.34. The van der Waals surface area contributed by atoms with Crippen molar-refractivity contribution in [1.82, 2.24) is 0 Å². The fraction of sp³-hybridized carbons (Fsp3) is 0.130. The molecule has 0 saturated carbocycles. The molecule has 1 atom stereocenters. The lowest BCUT2D eigenvalue weighted by molar-refractivity contribution is -0.139. The molecule has 0 bridgehead atoms. The Morgan fingerprint density at radius 3 is 2.29 bits per heavy atom. The van der Waals surface area contributed by atoms with Crippen molar-refractivity contribution in [3.63, 3.8) is 0 Å². The van der Waals surface area contributed by atoms with E-state index in [4.69, 9.17) is 26.8 Å². The fourth-order valence-electron chi connectivity index (χ4n) is 3.65. The highest BCUT2D eigenvalue weighted by Crippen LogP contribution is 2.46. The number of nitrogens with zero attached hydrogens (tertiary/aromatic N) is 3. The zero-order valence-electron chi connectivity index (χ0n) is 17.7. The van der Waals surface area contributed by atoms with Crippen LogP contribution in [-0.4, -0.2) is 26.2 Å². The van der Waals surface area contributed by atoms with Gasteiger partial charge in [-0.2, -0.15) is 10.5 Å². The summed E-state index contributed by atoms with van der Waals surface area (Å²) < 4.78 is 24.6. The summed E-state index contributed by atoms with van der Waals surface area (Å²) in [4.78, 5) is 26.9. The number of anilines is 1. The number of benzene rings is 2. The van der Waals surface area contributed by atoms with E-state index in [1.54, 1.807) is 36.4 Å². The zero-order chi connectivity index (χ0) is 25.2. The van der Waals surface area contributed by atoms with Crippen molar-refractivity contribution in [2.75, 3.05) is 19.1 Å².